The predicted octanol–water partition coefficient (Wildman–Crippen LogP) is 4.17. The Labute approximate surface area is 130 Å². The first-order valence-corrected chi connectivity index (χ1v) is 6.65. The number of carbonyl (C=O) groups is 1. The SMILES string of the molecule is [N-]=[N+]=NCc1cc(Oc2ccc3c(ccn3C(=O)O)c2)ccn1. The van der Waals surface area contributed by atoms with Gasteiger partial charge in [-0.25, -0.2) is 4.79 Å². The number of hydrogen-bond acceptors (Lipinski definition) is 4. The van der Waals surface area contributed by atoms with E-state index >= 15 is 0 Å². The number of hydrogen-bond donors (Lipinski definition) is 1. The Morgan fingerprint density at radius 1 is 1.30 bits per heavy atom. The largest absolute Gasteiger partial charge is 0.464 e. The fourth-order valence-corrected chi connectivity index (χ4v) is 2.20. The van der Waals surface area contributed by atoms with E-state index in [4.69, 9.17) is 15.4 Å². The molecule has 3 aromatic rings. The Kier molecular flexibility index (Phi) is 3.82. The van der Waals surface area contributed by atoms with Crippen molar-refractivity contribution in [2.75, 3.05) is 0 Å². The second kappa shape index (κ2) is 6.08. The molecule has 0 aliphatic heterocycles. The van der Waals surface area contributed by atoms with Gasteiger partial charge in [-0.2, -0.15) is 0 Å². The summed E-state index contributed by atoms with van der Waals surface area (Å²) in [4.78, 5) is 17.8. The molecule has 8 heteroatoms. The number of rotatable bonds is 4. The highest BCUT2D eigenvalue weighted by Crippen LogP contribution is 2.26. The molecule has 0 bridgehead atoms. The van der Waals surface area contributed by atoms with Crippen LogP contribution in [0.3, 0.4) is 0 Å². The molecule has 23 heavy (non-hydrogen) atoms. The fourth-order valence-electron chi connectivity index (χ4n) is 2.20. The van der Waals surface area contributed by atoms with Crippen molar-refractivity contribution in [1.29, 1.82) is 0 Å². The van der Waals surface area contributed by atoms with E-state index in [1.165, 1.54) is 6.20 Å². The number of pyridine rings is 1. The van der Waals surface area contributed by atoms with Crippen molar-refractivity contribution in [3.8, 4) is 11.5 Å². The maximum atomic E-state index is 11.1. The quantitative estimate of drug-likeness (QED) is 0.442. The third kappa shape index (κ3) is 3.07. The highest BCUT2D eigenvalue weighted by atomic mass is 16.5. The molecule has 0 spiro atoms. The number of ether oxygens (including phenoxy) is 1. The van der Waals surface area contributed by atoms with Crippen molar-refractivity contribution in [2.24, 2.45) is 5.11 Å². The summed E-state index contributed by atoms with van der Waals surface area (Å²) in [6.45, 7) is 0.147. The first kappa shape index (κ1) is 14.4. The summed E-state index contributed by atoms with van der Waals surface area (Å²) in [5, 5.41) is 13.3. The Morgan fingerprint density at radius 3 is 2.91 bits per heavy atom. The number of benzene rings is 1. The molecule has 114 valence electrons. The molecule has 0 saturated carbocycles. The lowest BCUT2D eigenvalue weighted by atomic mass is 10.2. The minimum absolute atomic E-state index is 0.147. The lowest BCUT2D eigenvalue weighted by Crippen LogP contribution is -2.05. The van der Waals surface area contributed by atoms with E-state index in [2.05, 4.69) is 15.0 Å². The molecule has 0 radical (unpaired) electrons. The van der Waals surface area contributed by atoms with Crippen molar-refractivity contribution in [3.63, 3.8) is 0 Å². The minimum Gasteiger partial charge on any atom is -0.464 e. The molecule has 0 fully saturated rings. The summed E-state index contributed by atoms with van der Waals surface area (Å²) >= 11 is 0. The van der Waals surface area contributed by atoms with Crippen molar-refractivity contribution < 1.29 is 14.6 Å². The maximum absolute atomic E-state index is 11.1. The van der Waals surface area contributed by atoms with Crippen LogP contribution in [0.25, 0.3) is 21.3 Å². The lowest BCUT2D eigenvalue weighted by molar-refractivity contribution is 0.197. The second-order valence-corrected chi connectivity index (χ2v) is 4.66. The molecule has 0 amide bonds. The van der Waals surface area contributed by atoms with Gasteiger partial charge in [0.05, 0.1) is 12.1 Å². The maximum Gasteiger partial charge on any atom is 0.415 e. The molecule has 2 aromatic heterocycles. The smallest absolute Gasteiger partial charge is 0.415 e. The molecular formula is C15H11N5O3. The molecule has 2 heterocycles. The van der Waals surface area contributed by atoms with Crippen LogP contribution >= 0.6 is 0 Å². The van der Waals surface area contributed by atoms with E-state index in [0.717, 1.165) is 9.95 Å². The van der Waals surface area contributed by atoms with Gasteiger partial charge in [-0.05, 0) is 35.9 Å². The molecule has 0 aliphatic carbocycles. The van der Waals surface area contributed by atoms with E-state index in [1.807, 2.05) is 0 Å². The van der Waals surface area contributed by atoms with Gasteiger partial charge < -0.3 is 9.84 Å². The zero-order valence-corrected chi connectivity index (χ0v) is 11.8. The summed E-state index contributed by atoms with van der Waals surface area (Å²) < 4.78 is 6.89. The van der Waals surface area contributed by atoms with Crippen LogP contribution in [0.15, 0.2) is 53.9 Å². The van der Waals surface area contributed by atoms with Crippen LogP contribution in [0.2, 0.25) is 0 Å². The first-order valence-electron chi connectivity index (χ1n) is 6.65. The van der Waals surface area contributed by atoms with E-state index < -0.39 is 6.09 Å². The zero-order chi connectivity index (χ0) is 16.2. The third-order valence-electron chi connectivity index (χ3n) is 3.19. The Bertz CT molecular complexity index is 928. The van der Waals surface area contributed by atoms with Crippen molar-refractivity contribution in [2.45, 2.75) is 6.54 Å². The molecule has 0 aliphatic rings. The van der Waals surface area contributed by atoms with Crippen molar-refractivity contribution >= 4 is 17.0 Å². The highest BCUT2D eigenvalue weighted by Gasteiger charge is 2.08. The molecule has 1 aromatic carbocycles. The second-order valence-electron chi connectivity index (χ2n) is 4.66. The summed E-state index contributed by atoms with van der Waals surface area (Å²) in [5.74, 6) is 1.13. The van der Waals surface area contributed by atoms with Gasteiger partial charge in [0.15, 0.2) is 0 Å². The normalized spacial score (nSPS) is 10.3. The summed E-state index contributed by atoms with van der Waals surface area (Å²) in [6, 6.07) is 10.2. The van der Waals surface area contributed by atoms with E-state index in [9.17, 15) is 4.79 Å². The van der Waals surface area contributed by atoms with Gasteiger partial charge in [0.2, 0.25) is 0 Å². The van der Waals surface area contributed by atoms with Crippen LogP contribution in [-0.2, 0) is 6.54 Å². The average Bonchev–Trinajstić information content (AvgIpc) is 2.96. The molecule has 1 N–H and O–H groups in total. The van der Waals surface area contributed by atoms with Crippen LogP contribution in [0, 0.1) is 0 Å². The van der Waals surface area contributed by atoms with Gasteiger partial charge in [0.25, 0.3) is 0 Å². The average molecular weight is 309 g/mol. The summed E-state index contributed by atoms with van der Waals surface area (Å²) in [5.41, 5.74) is 9.51. The minimum atomic E-state index is -1.04. The Hall–Kier alpha value is -3.51. The van der Waals surface area contributed by atoms with Crippen LogP contribution in [-0.4, -0.2) is 20.8 Å². The van der Waals surface area contributed by atoms with Crippen LogP contribution < -0.4 is 4.74 Å². The fraction of sp³-hybridized carbons (Fsp3) is 0.0667. The zero-order valence-electron chi connectivity index (χ0n) is 11.8. The topological polar surface area (TPSA) is 113 Å². The van der Waals surface area contributed by atoms with E-state index in [-0.39, 0.29) is 6.54 Å². The van der Waals surface area contributed by atoms with E-state index in [1.54, 1.807) is 42.6 Å². The van der Waals surface area contributed by atoms with Crippen LogP contribution in [0.1, 0.15) is 5.69 Å². The number of aromatic nitrogens is 2. The predicted molar refractivity (Wildman–Crippen MR) is 82.5 cm³/mol. The van der Waals surface area contributed by atoms with Gasteiger partial charge in [0.1, 0.15) is 11.5 Å². The van der Waals surface area contributed by atoms with Crippen LogP contribution in [0.4, 0.5) is 4.79 Å². The van der Waals surface area contributed by atoms with E-state index in [0.29, 0.717) is 22.7 Å². The molecule has 0 unspecified atom stereocenters. The van der Waals surface area contributed by atoms with Gasteiger partial charge in [-0.15, -0.1) is 0 Å². The van der Waals surface area contributed by atoms with Gasteiger partial charge in [-0.3, -0.25) is 9.55 Å². The number of azide groups is 1. The number of nitrogens with zero attached hydrogens (tertiary/aromatic N) is 5. The number of carboxylic acid groups (broad SMARTS) is 1. The van der Waals surface area contributed by atoms with Gasteiger partial charge >= 0.3 is 6.09 Å². The van der Waals surface area contributed by atoms with Gasteiger partial charge in [-0.1, -0.05) is 5.11 Å². The van der Waals surface area contributed by atoms with Crippen LogP contribution in [0.5, 0.6) is 11.5 Å². The van der Waals surface area contributed by atoms with Crippen molar-refractivity contribution in [1.82, 2.24) is 9.55 Å². The molecule has 0 atom stereocenters. The lowest BCUT2D eigenvalue weighted by Gasteiger charge is -2.07. The summed E-state index contributed by atoms with van der Waals surface area (Å²) in [7, 11) is 0. The highest BCUT2D eigenvalue weighted by molar-refractivity contribution is 5.89. The molecule has 8 nitrogen and oxygen atoms in total. The van der Waals surface area contributed by atoms with Gasteiger partial charge in [0, 0.05) is 34.5 Å². The third-order valence-corrected chi connectivity index (χ3v) is 3.19. The number of fused-ring (bicyclic) bond motifs is 1. The molecule has 3 rings (SSSR count). The van der Waals surface area contributed by atoms with Crippen molar-refractivity contribution in [3.05, 3.63) is 64.9 Å². The molecule has 0 saturated heterocycles. The monoisotopic (exact) mass is 309 g/mol. The standard InChI is InChI=1S/C15H11N5O3/c16-19-18-9-11-8-13(3-5-17-11)23-12-1-2-14-10(7-12)4-6-20(14)15(21)22/h1-8H,9H2,(H,21,22). The Balaban J connectivity index is 1.87. The first-order chi connectivity index (χ1) is 11.2. The Morgan fingerprint density at radius 2 is 2.13 bits per heavy atom. The summed E-state index contributed by atoms with van der Waals surface area (Å²) in [6.07, 6.45) is 2.02. The molecular weight excluding hydrogens is 298 g/mol.